The molecule has 1 aromatic carbocycles. The fraction of sp³-hybridized carbons (Fsp3) is 0.467. The van der Waals surface area contributed by atoms with Crippen molar-refractivity contribution in [2.45, 2.75) is 20.3 Å². The number of rotatable bonds is 9. The summed E-state index contributed by atoms with van der Waals surface area (Å²) in [6.07, 6.45) is 1.13. The normalized spacial score (nSPS) is 10.1. The van der Waals surface area contributed by atoms with Gasteiger partial charge in [0.2, 0.25) is 0 Å². The molecule has 0 aliphatic heterocycles. The Hall–Kier alpha value is -1.48. The lowest BCUT2D eigenvalue weighted by Crippen LogP contribution is -2.20. The minimum atomic E-state index is 0.534. The largest absolute Gasteiger partial charge is 0.494 e. The van der Waals surface area contributed by atoms with E-state index in [4.69, 9.17) is 9.47 Å². The fourth-order valence-electron chi connectivity index (χ4n) is 1.50. The van der Waals surface area contributed by atoms with Gasteiger partial charge in [0.1, 0.15) is 18.1 Å². The van der Waals surface area contributed by atoms with Crippen molar-refractivity contribution in [2.75, 3.05) is 26.3 Å². The van der Waals surface area contributed by atoms with E-state index < -0.39 is 0 Å². The van der Waals surface area contributed by atoms with Crippen molar-refractivity contribution >= 4 is 0 Å². The Kier molecular flexibility index (Phi) is 6.96. The van der Waals surface area contributed by atoms with Gasteiger partial charge >= 0.3 is 0 Å². The van der Waals surface area contributed by atoms with Gasteiger partial charge in [0.05, 0.1) is 6.61 Å². The highest BCUT2D eigenvalue weighted by Crippen LogP contribution is 2.19. The van der Waals surface area contributed by atoms with E-state index in [1.54, 1.807) is 0 Å². The molecule has 0 spiro atoms. The number of hydrogen-bond acceptors (Lipinski definition) is 3. The van der Waals surface area contributed by atoms with Crippen LogP contribution in [0.1, 0.15) is 20.3 Å². The second-order valence-electron chi connectivity index (χ2n) is 4.12. The summed E-state index contributed by atoms with van der Waals surface area (Å²) in [7, 11) is 0. The number of ether oxygens (including phenoxy) is 2. The van der Waals surface area contributed by atoms with Gasteiger partial charge in [0.25, 0.3) is 0 Å². The lowest BCUT2D eigenvalue weighted by molar-refractivity contribution is 0.326. The molecule has 3 heteroatoms. The SMILES string of the molecule is C=C(CNCCC)COc1cccc(OCC)c1. The maximum Gasteiger partial charge on any atom is 0.123 e. The molecular formula is C15H23NO2. The third-order valence-corrected chi connectivity index (χ3v) is 2.36. The summed E-state index contributed by atoms with van der Waals surface area (Å²) in [5.74, 6) is 1.65. The van der Waals surface area contributed by atoms with Crippen molar-refractivity contribution in [3.8, 4) is 11.5 Å². The highest BCUT2D eigenvalue weighted by Gasteiger charge is 1.99. The molecule has 18 heavy (non-hydrogen) atoms. The minimum absolute atomic E-state index is 0.534. The molecule has 0 unspecified atom stereocenters. The molecule has 0 aromatic heterocycles. The van der Waals surface area contributed by atoms with Crippen LogP contribution in [0.5, 0.6) is 11.5 Å². The molecule has 100 valence electrons. The molecule has 0 fully saturated rings. The third kappa shape index (κ3) is 5.73. The first-order valence-electron chi connectivity index (χ1n) is 6.49. The zero-order valence-corrected chi connectivity index (χ0v) is 11.4. The van der Waals surface area contributed by atoms with Gasteiger partial charge in [-0.2, -0.15) is 0 Å². The van der Waals surface area contributed by atoms with Crippen molar-refractivity contribution in [1.29, 1.82) is 0 Å². The third-order valence-electron chi connectivity index (χ3n) is 2.36. The van der Waals surface area contributed by atoms with Crippen LogP contribution in [-0.4, -0.2) is 26.3 Å². The molecule has 1 N–H and O–H groups in total. The van der Waals surface area contributed by atoms with Crippen LogP contribution >= 0.6 is 0 Å². The average Bonchev–Trinajstić information content (AvgIpc) is 2.38. The Balaban J connectivity index is 2.33. The Morgan fingerprint density at radius 3 is 2.61 bits per heavy atom. The topological polar surface area (TPSA) is 30.5 Å². The summed E-state index contributed by atoms with van der Waals surface area (Å²) in [6.45, 7) is 11.1. The Morgan fingerprint density at radius 2 is 1.94 bits per heavy atom. The van der Waals surface area contributed by atoms with Gasteiger partial charge in [-0.1, -0.05) is 19.6 Å². The lowest BCUT2D eigenvalue weighted by Gasteiger charge is -2.10. The summed E-state index contributed by atoms with van der Waals surface area (Å²) in [4.78, 5) is 0. The molecule has 0 saturated carbocycles. The van der Waals surface area contributed by atoms with E-state index >= 15 is 0 Å². The molecule has 3 nitrogen and oxygen atoms in total. The van der Waals surface area contributed by atoms with Gasteiger partial charge < -0.3 is 14.8 Å². The lowest BCUT2D eigenvalue weighted by atomic mass is 10.3. The standard InChI is InChI=1S/C15H23NO2/c1-4-9-16-11-13(3)12-18-15-8-6-7-14(10-15)17-5-2/h6-8,10,16H,3-5,9,11-12H2,1-2H3. The van der Waals surface area contributed by atoms with E-state index in [0.717, 1.165) is 36.6 Å². The zero-order valence-electron chi connectivity index (χ0n) is 11.4. The van der Waals surface area contributed by atoms with Crippen molar-refractivity contribution in [3.05, 3.63) is 36.4 Å². The summed E-state index contributed by atoms with van der Waals surface area (Å²) in [6, 6.07) is 7.68. The van der Waals surface area contributed by atoms with Crippen molar-refractivity contribution < 1.29 is 9.47 Å². The number of nitrogens with one attached hydrogen (secondary N) is 1. The second-order valence-corrected chi connectivity index (χ2v) is 4.12. The minimum Gasteiger partial charge on any atom is -0.494 e. The Labute approximate surface area is 110 Å². The molecule has 0 aliphatic rings. The van der Waals surface area contributed by atoms with E-state index in [0.29, 0.717) is 13.2 Å². The highest BCUT2D eigenvalue weighted by atomic mass is 16.5. The quantitative estimate of drug-likeness (QED) is 0.539. The Morgan fingerprint density at radius 1 is 1.22 bits per heavy atom. The van der Waals surface area contributed by atoms with Gasteiger partial charge in [-0.25, -0.2) is 0 Å². The molecule has 1 rings (SSSR count). The van der Waals surface area contributed by atoms with Crippen LogP contribution in [0.2, 0.25) is 0 Å². The van der Waals surface area contributed by atoms with Gasteiger partial charge in [-0.05, 0) is 37.6 Å². The monoisotopic (exact) mass is 249 g/mol. The van der Waals surface area contributed by atoms with Crippen LogP contribution < -0.4 is 14.8 Å². The van der Waals surface area contributed by atoms with Crippen LogP contribution in [0, 0.1) is 0 Å². The second kappa shape index (κ2) is 8.59. The molecular weight excluding hydrogens is 226 g/mol. The van der Waals surface area contributed by atoms with Crippen LogP contribution in [-0.2, 0) is 0 Å². The molecule has 0 atom stereocenters. The zero-order chi connectivity index (χ0) is 13.2. The maximum absolute atomic E-state index is 5.67. The Bertz CT molecular complexity index is 363. The number of hydrogen-bond donors (Lipinski definition) is 1. The van der Waals surface area contributed by atoms with E-state index in [9.17, 15) is 0 Å². The van der Waals surface area contributed by atoms with Gasteiger partial charge in [-0.15, -0.1) is 0 Å². The highest BCUT2D eigenvalue weighted by molar-refractivity contribution is 5.33. The molecule has 0 heterocycles. The molecule has 0 bridgehead atoms. The van der Waals surface area contributed by atoms with E-state index in [1.807, 2.05) is 31.2 Å². The van der Waals surface area contributed by atoms with E-state index in [-0.39, 0.29) is 0 Å². The van der Waals surface area contributed by atoms with Crippen LogP contribution in [0.15, 0.2) is 36.4 Å². The first-order valence-corrected chi connectivity index (χ1v) is 6.49. The van der Waals surface area contributed by atoms with Crippen LogP contribution in [0.4, 0.5) is 0 Å². The molecule has 0 amide bonds. The smallest absolute Gasteiger partial charge is 0.123 e. The summed E-state index contributed by atoms with van der Waals surface area (Å²) in [5, 5.41) is 3.30. The van der Waals surface area contributed by atoms with E-state index in [2.05, 4.69) is 18.8 Å². The summed E-state index contributed by atoms with van der Waals surface area (Å²) < 4.78 is 11.1. The predicted molar refractivity (Wildman–Crippen MR) is 75.4 cm³/mol. The van der Waals surface area contributed by atoms with Crippen LogP contribution in [0.25, 0.3) is 0 Å². The van der Waals surface area contributed by atoms with Gasteiger partial charge in [0, 0.05) is 12.6 Å². The fourth-order valence-corrected chi connectivity index (χ4v) is 1.50. The summed E-state index contributed by atoms with van der Waals surface area (Å²) in [5.41, 5.74) is 1.05. The molecule has 0 radical (unpaired) electrons. The van der Waals surface area contributed by atoms with Gasteiger partial charge in [-0.3, -0.25) is 0 Å². The molecule has 1 aromatic rings. The first-order chi connectivity index (χ1) is 8.76. The van der Waals surface area contributed by atoms with Crippen molar-refractivity contribution in [1.82, 2.24) is 5.32 Å². The maximum atomic E-state index is 5.67. The number of benzene rings is 1. The molecule has 0 aliphatic carbocycles. The van der Waals surface area contributed by atoms with Crippen molar-refractivity contribution in [2.24, 2.45) is 0 Å². The van der Waals surface area contributed by atoms with Crippen molar-refractivity contribution in [3.63, 3.8) is 0 Å². The summed E-state index contributed by atoms with van der Waals surface area (Å²) >= 11 is 0. The van der Waals surface area contributed by atoms with Crippen LogP contribution in [0.3, 0.4) is 0 Å². The average molecular weight is 249 g/mol. The predicted octanol–water partition coefficient (Wildman–Crippen LogP) is 3.02. The van der Waals surface area contributed by atoms with E-state index in [1.165, 1.54) is 0 Å². The first kappa shape index (κ1) is 14.6. The molecule has 0 saturated heterocycles. The van der Waals surface area contributed by atoms with Gasteiger partial charge in [0.15, 0.2) is 0 Å².